The Morgan fingerprint density at radius 2 is 1.80 bits per heavy atom. The average Bonchev–Trinajstić information content (AvgIpc) is 2.65. The van der Waals surface area contributed by atoms with Crippen LogP contribution in [0.15, 0.2) is 59.7 Å². The van der Waals surface area contributed by atoms with Crippen molar-refractivity contribution in [2.75, 3.05) is 13.1 Å². The molecule has 0 spiro atoms. The minimum absolute atomic E-state index is 0.0123. The van der Waals surface area contributed by atoms with E-state index in [9.17, 15) is 4.79 Å². The topological polar surface area (TPSA) is 44.7 Å². The molecular weight excluding hydrogens is 334 g/mol. The third-order valence-electron chi connectivity index (χ3n) is 4.47. The molecule has 1 heterocycles. The molecule has 5 heteroatoms. The van der Waals surface area contributed by atoms with Crippen LogP contribution < -0.4 is 5.43 Å². The fraction of sp³-hybridized carbons (Fsp3) is 0.300. The quantitative estimate of drug-likeness (QED) is 0.656. The van der Waals surface area contributed by atoms with Crippen LogP contribution in [0.2, 0.25) is 5.02 Å². The highest BCUT2D eigenvalue weighted by atomic mass is 35.5. The number of carbonyl (C=O) groups excluding carboxylic acids is 1. The Kier molecular flexibility index (Phi) is 6.20. The van der Waals surface area contributed by atoms with Crippen molar-refractivity contribution in [3.05, 3.63) is 70.7 Å². The van der Waals surface area contributed by atoms with E-state index >= 15 is 0 Å². The summed E-state index contributed by atoms with van der Waals surface area (Å²) in [7, 11) is 0. The van der Waals surface area contributed by atoms with Gasteiger partial charge in [-0.05, 0) is 49.2 Å². The zero-order valence-corrected chi connectivity index (χ0v) is 14.8. The molecule has 0 aliphatic carbocycles. The third kappa shape index (κ3) is 5.41. The molecule has 4 nitrogen and oxygen atoms in total. The second kappa shape index (κ2) is 8.79. The molecule has 130 valence electrons. The van der Waals surface area contributed by atoms with Crippen LogP contribution in [0.25, 0.3) is 0 Å². The van der Waals surface area contributed by atoms with E-state index in [1.165, 1.54) is 5.56 Å². The molecule has 25 heavy (non-hydrogen) atoms. The number of hydrogen-bond donors (Lipinski definition) is 1. The molecule has 0 atom stereocenters. The number of benzene rings is 2. The standard InChI is InChI=1S/C20H22ClN3O/c21-19-8-6-17(7-9-19)15-24-12-10-18(11-13-24)20(25)23-22-14-16-4-2-1-3-5-16/h1-9,14,18H,10-13,15H2,(H,23,25). The van der Waals surface area contributed by atoms with Gasteiger partial charge in [-0.1, -0.05) is 54.1 Å². The Balaban J connectivity index is 1.43. The van der Waals surface area contributed by atoms with Gasteiger partial charge in [-0.15, -0.1) is 0 Å². The van der Waals surface area contributed by atoms with Crippen molar-refractivity contribution in [3.8, 4) is 0 Å². The first-order chi connectivity index (χ1) is 12.2. The van der Waals surface area contributed by atoms with Crippen LogP contribution in [0.3, 0.4) is 0 Å². The molecule has 1 aliphatic heterocycles. The number of rotatable bonds is 5. The monoisotopic (exact) mass is 355 g/mol. The normalized spacial score (nSPS) is 16.2. The second-order valence-electron chi connectivity index (χ2n) is 6.32. The van der Waals surface area contributed by atoms with E-state index in [1.807, 2.05) is 42.5 Å². The molecule has 1 aliphatic rings. The summed E-state index contributed by atoms with van der Waals surface area (Å²) < 4.78 is 0. The highest BCUT2D eigenvalue weighted by molar-refractivity contribution is 6.30. The van der Waals surface area contributed by atoms with Crippen molar-refractivity contribution < 1.29 is 4.79 Å². The summed E-state index contributed by atoms with van der Waals surface area (Å²) >= 11 is 5.92. The summed E-state index contributed by atoms with van der Waals surface area (Å²) in [5.41, 5.74) is 4.89. The van der Waals surface area contributed by atoms with Crippen LogP contribution in [0, 0.1) is 5.92 Å². The van der Waals surface area contributed by atoms with Crippen LogP contribution in [0.5, 0.6) is 0 Å². The van der Waals surface area contributed by atoms with Gasteiger partial charge < -0.3 is 0 Å². The predicted molar refractivity (Wildman–Crippen MR) is 102 cm³/mol. The Bertz CT molecular complexity index is 707. The van der Waals surface area contributed by atoms with Crippen molar-refractivity contribution in [1.29, 1.82) is 0 Å². The minimum atomic E-state index is 0.0123. The Labute approximate surface area is 153 Å². The molecule has 2 aromatic carbocycles. The molecule has 0 bridgehead atoms. The van der Waals surface area contributed by atoms with Crippen LogP contribution in [-0.2, 0) is 11.3 Å². The van der Waals surface area contributed by atoms with E-state index in [2.05, 4.69) is 27.6 Å². The smallest absolute Gasteiger partial charge is 0.243 e. The number of likely N-dealkylation sites (tertiary alicyclic amines) is 1. The zero-order valence-electron chi connectivity index (χ0n) is 14.1. The van der Waals surface area contributed by atoms with E-state index in [-0.39, 0.29) is 11.8 Å². The average molecular weight is 356 g/mol. The lowest BCUT2D eigenvalue weighted by molar-refractivity contribution is -0.126. The van der Waals surface area contributed by atoms with E-state index in [0.29, 0.717) is 0 Å². The lowest BCUT2D eigenvalue weighted by atomic mass is 9.96. The van der Waals surface area contributed by atoms with Gasteiger partial charge in [-0.2, -0.15) is 5.10 Å². The second-order valence-corrected chi connectivity index (χ2v) is 6.76. The van der Waals surface area contributed by atoms with E-state index in [4.69, 9.17) is 11.6 Å². The lowest BCUT2D eigenvalue weighted by Gasteiger charge is -2.30. The van der Waals surface area contributed by atoms with Crippen LogP contribution in [-0.4, -0.2) is 30.1 Å². The van der Waals surface area contributed by atoms with Gasteiger partial charge in [0.2, 0.25) is 5.91 Å². The van der Waals surface area contributed by atoms with Crippen molar-refractivity contribution in [2.24, 2.45) is 11.0 Å². The molecule has 0 unspecified atom stereocenters. The lowest BCUT2D eigenvalue weighted by Crippen LogP contribution is -2.39. The van der Waals surface area contributed by atoms with Crippen molar-refractivity contribution in [2.45, 2.75) is 19.4 Å². The Morgan fingerprint density at radius 3 is 2.48 bits per heavy atom. The van der Waals surface area contributed by atoms with Crippen molar-refractivity contribution in [3.63, 3.8) is 0 Å². The first kappa shape index (κ1) is 17.6. The summed E-state index contributed by atoms with van der Waals surface area (Å²) in [4.78, 5) is 14.6. The fourth-order valence-electron chi connectivity index (χ4n) is 3.00. The first-order valence-corrected chi connectivity index (χ1v) is 8.93. The number of nitrogens with one attached hydrogen (secondary N) is 1. The molecule has 0 saturated carbocycles. The maximum atomic E-state index is 12.2. The highest BCUT2D eigenvalue weighted by Crippen LogP contribution is 2.20. The largest absolute Gasteiger partial charge is 0.299 e. The SMILES string of the molecule is O=C(NN=Cc1ccccc1)C1CCN(Cc2ccc(Cl)cc2)CC1. The van der Waals surface area contributed by atoms with Gasteiger partial charge >= 0.3 is 0 Å². The number of halogens is 1. The maximum absolute atomic E-state index is 12.2. The van der Waals surface area contributed by atoms with Gasteiger partial charge in [0.1, 0.15) is 0 Å². The highest BCUT2D eigenvalue weighted by Gasteiger charge is 2.24. The summed E-state index contributed by atoms with van der Waals surface area (Å²) in [5.74, 6) is 0.0488. The maximum Gasteiger partial charge on any atom is 0.243 e. The van der Waals surface area contributed by atoms with Crippen molar-refractivity contribution >= 4 is 23.7 Å². The van der Waals surface area contributed by atoms with Gasteiger partial charge in [-0.3, -0.25) is 9.69 Å². The first-order valence-electron chi connectivity index (χ1n) is 8.55. The number of amides is 1. The molecule has 1 N–H and O–H groups in total. The molecule has 0 aromatic heterocycles. The van der Waals surface area contributed by atoms with Crippen molar-refractivity contribution in [1.82, 2.24) is 10.3 Å². The molecular formula is C20H22ClN3O. The number of hydrogen-bond acceptors (Lipinski definition) is 3. The summed E-state index contributed by atoms with van der Waals surface area (Å²) in [6.07, 6.45) is 3.40. The molecule has 0 radical (unpaired) electrons. The number of carbonyl (C=O) groups is 1. The molecule has 1 amide bonds. The van der Waals surface area contributed by atoms with Gasteiger partial charge in [0.05, 0.1) is 6.21 Å². The van der Waals surface area contributed by atoms with Gasteiger partial charge in [0.15, 0.2) is 0 Å². The van der Waals surface area contributed by atoms with Gasteiger partial charge in [0.25, 0.3) is 0 Å². The summed E-state index contributed by atoms with van der Waals surface area (Å²) in [6, 6.07) is 17.7. The number of nitrogens with zero attached hydrogens (tertiary/aromatic N) is 2. The van der Waals surface area contributed by atoms with E-state index in [0.717, 1.165) is 43.1 Å². The summed E-state index contributed by atoms with van der Waals surface area (Å²) in [5, 5.41) is 4.82. The van der Waals surface area contributed by atoms with Crippen LogP contribution in [0.1, 0.15) is 24.0 Å². The molecule has 3 rings (SSSR count). The molecule has 1 saturated heterocycles. The van der Waals surface area contributed by atoms with Crippen LogP contribution in [0.4, 0.5) is 0 Å². The summed E-state index contributed by atoms with van der Waals surface area (Å²) in [6.45, 7) is 2.74. The Morgan fingerprint density at radius 1 is 1.12 bits per heavy atom. The van der Waals surface area contributed by atoms with Crippen LogP contribution >= 0.6 is 11.6 Å². The Hall–Kier alpha value is -2.17. The number of piperidine rings is 1. The minimum Gasteiger partial charge on any atom is -0.299 e. The fourth-order valence-corrected chi connectivity index (χ4v) is 3.13. The third-order valence-corrected chi connectivity index (χ3v) is 4.72. The zero-order chi connectivity index (χ0) is 17.5. The van der Waals surface area contributed by atoms with Gasteiger partial charge in [0, 0.05) is 17.5 Å². The molecule has 2 aromatic rings. The van der Waals surface area contributed by atoms with Gasteiger partial charge in [-0.25, -0.2) is 5.43 Å². The number of hydrazone groups is 1. The van der Waals surface area contributed by atoms with E-state index < -0.39 is 0 Å². The predicted octanol–water partition coefficient (Wildman–Crippen LogP) is 3.70. The van der Waals surface area contributed by atoms with E-state index in [1.54, 1.807) is 6.21 Å². The molecule has 1 fully saturated rings.